The summed E-state index contributed by atoms with van der Waals surface area (Å²) in [4.78, 5) is 10.5. The fourth-order valence-electron chi connectivity index (χ4n) is 1.55. The standard InChI is InChI=1S/C10H15N3O2/c1-14-10-11-6-9(7-12-10)8-13-2-4-15-5-3-13/h6-7H,2-5,8H2,1H3. The van der Waals surface area contributed by atoms with E-state index in [2.05, 4.69) is 14.9 Å². The smallest absolute Gasteiger partial charge is 0.316 e. The molecule has 0 aliphatic carbocycles. The minimum Gasteiger partial charge on any atom is -0.467 e. The molecule has 1 fully saturated rings. The zero-order chi connectivity index (χ0) is 10.5. The van der Waals surface area contributed by atoms with Crippen LogP contribution in [-0.4, -0.2) is 48.3 Å². The van der Waals surface area contributed by atoms with Crippen LogP contribution in [0.1, 0.15) is 5.56 Å². The van der Waals surface area contributed by atoms with Crippen molar-refractivity contribution in [3.05, 3.63) is 18.0 Å². The minimum atomic E-state index is 0.417. The minimum absolute atomic E-state index is 0.417. The molecule has 2 rings (SSSR count). The molecule has 5 heteroatoms. The van der Waals surface area contributed by atoms with E-state index in [4.69, 9.17) is 9.47 Å². The number of rotatable bonds is 3. The van der Waals surface area contributed by atoms with Crippen LogP contribution in [0.5, 0.6) is 6.01 Å². The van der Waals surface area contributed by atoms with Gasteiger partial charge in [0, 0.05) is 37.6 Å². The number of methoxy groups -OCH3 is 1. The highest BCUT2D eigenvalue weighted by atomic mass is 16.5. The van der Waals surface area contributed by atoms with Gasteiger partial charge in [-0.25, -0.2) is 9.97 Å². The molecular formula is C10H15N3O2. The van der Waals surface area contributed by atoms with E-state index in [9.17, 15) is 0 Å². The van der Waals surface area contributed by atoms with Gasteiger partial charge in [-0.15, -0.1) is 0 Å². The van der Waals surface area contributed by atoms with Crippen molar-refractivity contribution in [2.75, 3.05) is 33.4 Å². The van der Waals surface area contributed by atoms with Gasteiger partial charge < -0.3 is 9.47 Å². The van der Waals surface area contributed by atoms with Gasteiger partial charge in [0.15, 0.2) is 0 Å². The third-order valence-corrected chi connectivity index (χ3v) is 2.37. The molecule has 1 aromatic heterocycles. The van der Waals surface area contributed by atoms with Crippen molar-refractivity contribution >= 4 is 0 Å². The van der Waals surface area contributed by atoms with E-state index in [1.165, 1.54) is 0 Å². The van der Waals surface area contributed by atoms with E-state index in [1.54, 1.807) is 19.5 Å². The Bertz CT molecular complexity index is 296. The summed E-state index contributed by atoms with van der Waals surface area (Å²) >= 11 is 0. The fourth-order valence-corrected chi connectivity index (χ4v) is 1.55. The first kappa shape index (κ1) is 10.3. The third kappa shape index (κ3) is 2.87. The Morgan fingerprint density at radius 1 is 1.33 bits per heavy atom. The Balaban J connectivity index is 1.91. The van der Waals surface area contributed by atoms with Gasteiger partial charge in [0.2, 0.25) is 0 Å². The highest BCUT2D eigenvalue weighted by Crippen LogP contribution is 2.07. The molecule has 0 spiro atoms. The van der Waals surface area contributed by atoms with Gasteiger partial charge in [-0.3, -0.25) is 4.90 Å². The topological polar surface area (TPSA) is 47.5 Å². The Hall–Kier alpha value is -1.20. The first-order chi connectivity index (χ1) is 7.38. The van der Waals surface area contributed by atoms with Crippen molar-refractivity contribution in [1.29, 1.82) is 0 Å². The van der Waals surface area contributed by atoms with Crippen molar-refractivity contribution in [2.24, 2.45) is 0 Å². The average molecular weight is 209 g/mol. The molecule has 5 nitrogen and oxygen atoms in total. The lowest BCUT2D eigenvalue weighted by molar-refractivity contribution is 0.0341. The fraction of sp³-hybridized carbons (Fsp3) is 0.600. The number of hydrogen-bond donors (Lipinski definition) is 0. The quantitative estimate of drug-likeness (QED) is 0.717. The predicted molar refractivity (Wildman–Crippen MR) is 54.7 cm³/mol. The van der Waals surface area contributed by atoms with Crippen LogP contribution in [0.25, 0.3) is 0 Å². The summed E-state index contributed by atoms with van der Waals surface area (Å²) in [6.45, 7) is 4.47. The normalized spacial score (nSPS) is 17.7. The molecular weight excluding hydrogens is 194 g/mol. The summed E-state index contributed by atoms with van der Waals surface area (Å²) in [5, 5.41) is 0. The van der Waals surface area contributed by atoms with Crippen LogP contribution in [0.2, 0.25) is 0 Å². The molecule has 0 atom stereocenters. The molecule has 2 heterocycles. The van der Waals surface area contributed by atoms with Crippen molar-refractivity contribution in [2.45, 2.75) is 6.54 Å². The Kier molecular flexibility index (Phi) is 3.47. The van der Waals surface area contributed by atoms with Crippen molar-refractivity contribution in [3.8, 4) is 6.01 Å². The molecule has 1 aliphatic rings. The molecule has 0 saturated carbocycles. The van der Waals surface area contributed by atoms with Crippen LogP contribution in [0.15, 0.2) is 12.4 Å². The molecule has 0 bridgehead atoms. The molecule has 15 heavy (non-hydrogen) atoms. The number of aromatic nitrogens is 2. The maximum Gasteiger partial charge on any atom is 0.316 e. The highest BCUT2D eigenvalue weighted by molar-refractivity contribution is 5.07. The van der Waals surface area contributed by atoms with Crippen LogP contribution in [0.3, 0.4) is 0 Å². The number of morpholine rings is 1. The van der Waals surface area contributed by atoms with Crippen LogP contribution in [0, 0.1) is 0 Å². The van der Waals surface area contributed by atoms with E-state index in [0.29, 0.717) is 6.01 Å². The summed E-state index contributed by atoms with van der Waals surface area (Å²) < 4.78 is 10.2. The van der Waals surface area contributed by atoms with Gasteiger partial charge >= 0.3 is 6.01 Å². The van der Waals surface area contributed by atoms with Gasteiger partial charge in [0.05, 0.1) is 20.3 Å². The molecule has 1 saturated heterocycles. The van der Waals surface area contributed by atoms with Crippen LogP contribution in [-0.2, 0) is 11.3 Å². The second-order valence-corrected chi connectivity index (χ2v) is 3.47. The van der Waals surface area contributed by atoms with Crippen molar-refractivity contribution in [3.63, 3.8) is 0 Å². The van der Waals surface area contributed by atoms with Gasteiger partial charge in [-0.1, -0.05) is 0 Å². The highest BCUT2D eigenvalue weighted by Gasteiger charge is 2.10. The Labute approximate surface area is 89.0 Å². The lowest BCUT2D eigenvalue weighted by Crippen LogP contribution is -2.35. The van der Waals surface area contributed by atoms with Crippen LogP contribution < -0.4 is 4.74 Å². The number of nitrogens with zero attached hydrogens (tertiary/aromatic N) is 3. The summed E-state index contributed by atoms with van der Waals surface area (Å²) in [5.74, 6) is 0. The first-order valence-corrected chi connectivity index (χ1v) is 5.03. The second-order valence-electron chi connectivity index (χ2n) is 3.47. The van der Waals surface area contributed by atoms with Gasteiger partial charge in [0.25, 0.3) is 0 Å². The van der Waals surface area contributed by atoms with E-state index < -0.39 is 0 Å². The molecule has 0 N–H and O–H groups in total. The molecule has 1 aromatic rings. The zero-order valence-electron chi connectivity index (χ0n) is 8.85. The SMILES string of the molecule is COc1ncc(CN2CCOCC2)cn1. The van der Waals surface area contributed by atoms with Gasteiger partial charge in [-0.2, -0.15) is 0 Å². The van der Waals surface area contributed by atoms with Crippen LogP contribution >= 0.6 is 0 Å². The Morgan fingerprint density at radius 2 is 2.00 bits per heavy atom. The van der Waals surface area contributed by atoms with E-state index in [-0.39, 0.29) is 0 Å². The summed E-state index contributed by atoms with van der Waals surface area (Å²) in [5.41, 5.74) is 1.11. The molecule has 82 valence electrons. The maximum absolute atomic E-state index is 5.28. The molecule has 0 unspecified atom stereocenters. The van der Waals surface area contributed by atoms with Gasteiger partial charge in [0.1, 0.15) is 0 Å². The largest absolute Gasteiger partial charge is 0.467 e. The second kappa shape index (κ2) is 5.04. The Morgan fingerprint density at radius 3 is 2.60 bits per heavy atom. The van der Waals surface area contributed by atoms with Crippen molar-refractivity contribution < 1.29 is 9.47 Å². The number of hydrogen-bond acceptors (Lipinski definition) is 5. The lowest BCUT2D eigenvalue weighted by Gasteiger charge is -2.26. The van der Waals surface area contributed by atoms with Crippen LogP contribution in [0.4, 0.5) is 0 Å². The van der Waals surface area contributed by atoms with E-state index >= 15 is 0 Å². The first-order valence-electron chi connectivity index (χ1n) is 5.03. The van der Waals surface area contributed by atoms with E-state index in [0.717, 1.165) is 38.4 Å². The average Bonchev–Trinajstić information content (AvgIpc) is 2.31. The van der Waals surface area contributed by atoms with Crippen molar-refractivity contribution in [1.82, 2.24) is 14.9 Å². The molecule has 0 amide bonds. The van der Waals surface area contributed by atoms with E-state index in [1.807, 2.05) is 0 Å². The molecule has 1 aliphatic heterocycles. The number of ether oxygens (including phenoxy) is 2. The van der Waals surface area contributed by atoms with Gasteiger partial charge in [-0.05, 0) is 0 Å². The summed E-state index contributed by atoms with van der Waals surface area (Å²) in [7, 11) is 1.57. The molecule has 0 radical (unpaired) electrons. The monoisotopic (exact) mass is 209 g/mol. The summed E-state index contributed by atoms with van der Waals surface area (Å²) in [6.07, 6.45) is 3.61. The zero-order valence-corrected chi connectivity index (χ0v) is 8.85. The summed E-state index contributed by atoms with van der Waals surface area (Å²) in [6, 6.07) is 0.417. The maximum atomic E-state index is 5.28. The predicted octanol–water partition coefficient (Wildman–Crippen LogP) is 0.317. The lowest BCUT2D eigenvalue weighted by atomic mass is 10.3. The third-order valence-electron chi connectivity index (χ3n) is 2.37. The molecule has 0 aromatic carbocycles.